The van der Waals surface area contributed by atoms with Gasteiger partial charge in [0.05, 0.1) is 16.2 Å². The molecule has 0 aliphatic heterocycles. The number of rotatable bonds is 3. The van der Waals surface area contributed by atoms with E-state index >= 15 is 0 Å². The first-order valence-corrected chi connectivity index (χ1v) is 6.91. The summed E-state index contributed by atoms with van der Waals surface area (Å²) in [5.41, 5.74) is 5.79. The number of hydrogen-bond acceptors (Lipinski definition) is 4. The highest BCUT2D eigenvalue weighted by molar-refractivity contribution is 7.93. The topological polar surface area (TPSA) is 101 Å². The fraction of sp³-hybridized carbons (Fsp3) is 0. The number of benzene rings is 1. The largest absolute Gasteiger partial charge is 0.399 e. The van der Waals surface area contributed by atoms with E-state index < -0.39 is 10.0 Å². The molecule has 0 spiro atoms. The standard InChI is InChI=1S/C9H8Cl2N4O2S/c10-6-3-5(12)4-7(11)9(6)18(16,17)15-8-1-2-13-14-8/h1-4H,12H2,(H2,13,14,15). The van der Waals surface area contributed by atoms with Crippen molar-refractivity contribution in [2.45, 2.75) is 4.90 Å². The minimum absolute atomic E-state index is 0.0491. The lowest BCUT2D eigenvalue weighted by Gasteiger charge is -2.10. The number of sulfonamides is 1. The van der Waals surface area contributed by atoms with Crippen molar-refractivity contribution < 1.29 is 8.42 Å². The molecule has 1 aromatic carbocycles. The Morgan fingerprint density at radius 2 is 1.89 bits per heavy atom. The lowest BCUT2D eigenvalue weighted by molar-refractivity contribution is 0.601. The second-order valence-electron chi connectivity index (χ2n) is 3.39. The molecule has 4 N–H and O–H groups in total. The summed E-state index contributed by atoms with van der Waals surface area (Å²) in [7, 11) is -3.90. The Balaban J connectivity index is 2.48. The molecule has 0 atom stereocenters. The lowest BCUT2D eigenvalue weighted by Crippen LogP contribution is -2.14. The van der Waals surface area contributed by atoms with Crippen molar-refractivity contribution in [3.8, 4) is 0 Å². The zero-order chi connectivity index (χ0) is 13.3. The monoisotopic (exact) mass is 306 g/mol. The van der Waals surface area contributed by atoms with Crippen LogP contribution < -0.4 is 10.5 Å². The van der Waals surface area contributed by atoms with Gasteiger partial charge in [0.1, 0.15) is 10.7 Å². The van der Waals surface area contributed by atoms with Crippen LogP contribution in [0.2, 0.25) is 10.0 Å². The number of nitrogens with one attached hydrogen (secondary N) is 2. The van der Waals surface area contributed by atoms with Crippen LogP contribution in [0.4, 0.5) is 11.5 Å². The molecule has 0 fully saturated rings. The molecule has 9 heteroatoms. The van der Waals surface area contributed by atoms with Gasteiger partial charge in [0.15, 0.2) is 0 Å². The van der Waals surface area contributed by atoms with Gasteiger partial charge in [0, 0.05) is 11.8 Å². The number of H-pyrrole nitrogens is 1. The molecule has 1 aromatic heterocycles. The van der Waals surface area contributed by atoms with Crippen molar-refractivity contribution in [2.24, 2.45) is 0 Å². The Kier molecular flexibility index (Phi) is 3.38. The fourth-order valence-electron chi connectivity index (χ4n) is 1.34. The number of nitrogens with zero attached hydrogens (tertiary/aromatic N) is 1. The van der Waals surface area contributed by atoms with Gasteiger partial charge in [-0.15, -0.1) is 0 Å². The Morgan fingerprint density at radius 1 is 1.28 bits per heavy atom. The van der Waals surface area contributed by atoms with Gasteiger partial charge in [-0.05, 0) is 12.1 Å². The summed E-state index contributed by atoms with van der Waals surface area (Å²) in [6.45, 7) is 0. The average molecular weight is 307 g/mol. The molecular weight excluding hydrogens is 299 g/mol. The normalized spacial score (nSPS) is 11.4. The Labute approximate surface area is 113 Å². The Morgan fingerprint density at radius 3 is 2.39 bits per heavy atom. The number of aromatic nitrogens is 2. The van der Waals surface area contributed by atoms with E-state index in [4.69, 9.17) is 28.9 Å². The average Bonchev–Trinajstić information content (AvgIpc) is 2.66. The summed E-state index contributed by atoms with van der Waals surface area (Å²) >= 11 is 11.7. The molecule has 96 valence electrons. The molecule has 2 rings (SSSR count). The molecule has 0 unspecified atom stereocenters. The number of hydrogen-bond donors (Lipinski definition) is 3. The lowest BCUT2D eigenvalue weighted by atomic mass is 10.3. The second-order valence-corrected chi connectivity index (χ2v) is 5.82. The number of nitrogen functional groups attached to an aromatic ring is 1. The molecular formula is C9H8Cl2N4O2S. The van der Waals surface area contributed by atoms with Crippen molar-refractivity contribution in [1.29, 1.82) is 0 Å². The number of halogens is 2. The van der Waals surface area contributed by atoms with Crippen LogP contribution in [0.15, 0.2) is 29.3 Å². The quantitative estimate of drug-likeness (QED) is 0.756. The highest BCUT2D eigenvalue weighted by Crippen LogP contribution is 2.32. The first-order valence-electron chi connectivity index (χ1n) is 4.67. The van der Waals surface area contributed by atoms with E-state index in [1.165, 1.54) is 24.4 Å². The van der Waals surface area contributed by atoms with E-state index in [1.807, 2.05) is 0 Å². The maximum absolute atomic E-state index is 12.1. The van der Waals surface area contributed by atoms with Gasteiger partial charge in [-0.25, -0.2) is 8.42 Å². The smallest absolute Gasteiger partial charge is 0.266 e. The molecule has 0 radical (unpaired) electrons. The molecule has 0 saturated carbocycles. The molecule has 0 aliphatic carbocycles. The highest BCUT2D eigenvalue weighted by atomic mass is 35.5. The number of nitrogens with two attached hydrogens (primary N) is 1. The van der Waals surface area contributed by atoms with Gasteiger partial charge >= 0.3 is 0 Å². The van der Waals surface area contributed by atoms with E-state index in [0.29, 0.717) is 0 Å². The van der Waals surface area contributed by atoms with Crippen LogP contribution in [-0.4, -0.2) is 18.6 Å². The van der Waals surface area contributed by atoms with Crippen LogP contribution in [0.5, 0.6) is 0 Å². The van der Waals surface area contributed by atoms with Gasteiger partial charge in [0.25, 0.3) is 10.0 Å². The van der Waals surface area contributed by atoms with E-state index in [2.05, 4.69) is 14.9 Å². The zero-order valence-corrected chi connectivity index (χ0v) is 11.1. The number of anilines is 2. The predicted octanol–water partition coefficient (Wildman–Crippen LogP) is 2.10. The maximum atomic E-state index is 12.1. The molecule has 0 aliphatic rings. The van der Waals surface area contributed by atoms with Crippen LogP contribution in [-0.2, 0) is 10.0 Å². The van der Waals surface area contributed by atoms with Crippen LogP contribution in [0.3, 0.4) is 0 Å². The van der Waals surface area contributed by atoms with E-state index in [-0.39, 0.29) is 26.4 Å². The molecule has 1 heterocycles. The van der Waals surface area contributed by atoms with Crippen molar-refractivity contribution >= 4 is 44.7 Å². The first-order chi connectivity index (χ1) is 8.40. The second kappa shape index (κ2) is 4.68. The minimum Gasteiger partial charge on any atom is -0.399 e. The van der Waals surface area contributed by atoms with E-state index in [9.17, 15) is 8.42 Å². The Hall–Kier alpha value is -1.44. The molecule has 0 bridgehead atoms. The minimum atomic E-state index is -3.90. The van der Waals surface area contributed by atoms with Gasteiger partial charge in [-0.3, -0.25) is 9.82 Å². The first kappa shape index (κ1) is 13.0. The molecule has 2 aromatic rings. The van der Waals surface area contributed by atoms with Crippen LogP contribution >= 0.6 is 23.2 Å². The van der Waals surface area contributed by atoms with Crippen LogP contribution in [0.1, 0.15) is 0 Å². The third-order valence-electron chi connectivity index (χ3n) is 2.03. The zero-order valence-electron chi connectivity index (χ0n) is 8.81. The molecule has 6 nitrogen and oxygen atoms in total. The van der Waals surface area contributed by atoms with Crippen molar-refractivity contribution in [2.75, 3.05) is 10.5 Å². The van der Waals surface area contributed by atoms with Crippen molar-refractivity contribution in [3.63, 3.8) is 0 Å². The van der Waals surface area contributed by atoms with E-state index in [0.717, 1.165) is 0 Å². The van der Waals surface area contributed by atoms with Gasteiger partial charge in [-0.2, -0.15) is 5.10 Å². The van der Waals surface area contributed by atoms with Crippen molar-refractivity contribution in [3.05, 3.63) is 34.4 Å². The van der Waals surface area contributed by atoms with Gasteiger partial charge in [-0.1, -0.05) is 23.2 Å². The van der Waals surface area contributed by atoms with Crippen LogP contribution in [0, 0.1) is 0 Å². The molecule has 18 heavy (non-hydrogen) atoms. The third kappa shape index (κ3) is 2.53. The fourth-order valence-corrected chi connectivity index (χ4v) is 3.59. The summed E-state index contributed by atoms with van der Waals surface area (Å²) in [6.07, 6.45) is 1.41. The van der Waals surface area contributed by atoms with Gasteiger partial charge < -0.3 is 5.73 Å². The van der Waals surface area contributed by atoms with E-state index in [1.54, 1.807) is 0 Å². The molecule has 0 saturated heterocycles. The molecule has 0 amide bonds. The van der Waals surface area contributed by atoms with Crippen LogP contribution in [0.25, 0.3) is 0 Å². The third-order valence-corrected chi connectivity index (χ3v) is 4.32. The number of aromatic amines is 1. The summed E-state index contributed by atoms with van der Waals surface area (Å²) in [4.78, 5) is -0.227. The Bertz CT molecular complexity index is 647. The van der Waals surface area contributed by atoms with Gasteiger partial charge in [0.2, 0.25) is 0 Å². The SMILES string of the molecule is Nc1cc(Cl)c(S(=O)(=O)Nc2ccn[nH]2)c(Cl)c1. The summed E-state index contributed by atoms with van der Waals surface area (Å²) in [5.74, 6) is 0.207. The predicted molar refractivity (Wildman–Crippen MR) is 70.3 cm³/mol. The maximum Gasteiger partial charge on any atom is 0.266 e. The highest BCUT2D eigenvalue weighted by Gasteiger charge is 2.22. The summed E-state index contributed by atoms with van der Waals surface area (Å²) in [5, 5.41) is 5.99. The summed E-state index contributed by atoms with van der Waals surface area (Å²) < 4.78 is 26.4. The van der Waals surface area contributed by atoms with Crippen molar-refractivity contribution in [1.82, 2.24) is 10.2 Å². The summed E-state index contributed by atoms with van der Waals surface area (Å²) in [6, 6.07) is 4.08.